The second-order valence-corrected chi connectivity index (χ2v) is 7.52. The van der Waals surface area contributed by atoms with Crippen LogP contribution in [0.4, 0.5) is 0 Å². The second-order valence-electron chi connectivity index (χ2n) is 7.52. The Balaban J connectivity index is 1.67. The highest BCUT2D eigenvalue weighted by Crippen LogP contribution is 2.32. The molecule has 3 rings (SSSR count). The molecule has 0 spiro atoms. The molecular formula is C20H24N2O5. The summed E-state index contributed by atoms with van der Waals surface area (Å²) in [5, 5.41) is 2.80. The number of nitrogens with one attached hydrogen (secondary N) is 1. The highest BCUT2D eigenvalue weighted by atomic mass is 16.5. The van der Waals surface area contributed by atoms with Crippen molar-refractivity contribution in [3.05, 3.63) is 35.4 Å². The summed E-state index contributed by atoms with van der Waals surface area (Å²) >= 11 is 0. The van der Waals surface area contributed by atoms with Crippen LogP contribution in [0.15, 0.2) is 24.3 Å². The van der Waals surface area contributed by atoms with Gasteiger partial charge in [0.2, 0.25) is 0 Å². The lowest BCUT2D eigenvalue weighted by molar-refractivity contribution is -0.153. The quantitative estimate of drug-likeness (QED) is 0.582. The van der Waals surface area contributed by atoms with E-state index in [1.54, 1.807) is 38.1 Å². The van der Waals surface area contributed by atoms with Gasteiger partial charge in [0, 0.05) is 6.04 Å². The minimum atomic E-state index is -1.08. The van der Waals surface area contributed by atoms with Gasteiger partial charge in [0.15, 0.2) is 6.61 Å². The Morgan fingerprint density at radius 2 is 1.67 bits per heavy atom. The smallest absolute Gasteiger partial charge is 0.330 e. The van der Waals surface area contributed by atoms with E-state index in [1.807, 2.05) is 6.92 Å². The van der Waals surface area contributed by atoms with E-state index in [-0.39, 0.29) is 29.0 Å². The van der Waals surface area contributed by atoms with Gasteiger partial charge < -0.3 is 10.1 Å². The summed E-state index contributed by atoms with van der Waals surface area (Å²) in [6.07, 6.45) is 2.19. The first kappa shape index (κ1) is 19.1. The van der Waals surface area contributed by atoms with Gasteiger partial charge >= 0.3 is 5.97 Å². The number of nitrogens with zero attached hydrogens (tertiary/aromatic N) is 1. The predicted molar refractivity (Wildman–Crippen MR) is 96.9 cm³/mol. The number of carbonyl (C=O) groups excluding carboxylic acids is 4. The number of hydrogen-bond donors (Lipinski definition) is 1. The molecule has 2 aliphatic rings. The molecule has 7 nitrogen and oxygen atoms in total. The van der Waals surface area contributed by atoms with Crippen LogP contribution in [0.5, 0.6) is 0 Å². The number of esters is 1. The molecule has 0 aromatic heterocycles. The van der Waals surface area contributed by atoms with Crippen LogP contribution in [0, 0.1) is 11.8 Å². The minimum Gasteiger partial charge on any atom is -0.454 e. The molecule has 1 aromatic rings. The van der Waals surface area contributed by atoms with Crippen molar-refractivity contribution in [1.82, 2.24) is 10.2 Å². The van der Waals surface area contributed by atoms with Crippen LogP contribution >= 0.6 is 0 Å². The molecule has 1 N–H and O–H groups in total. The lowest BCUT2D eigenvalue weighted by atomic mass is 10.0. The molecule has 144 valence electrons. The maximum absolute atomic E-state index is 12.6. The van der Waals surface area contributed by atoms with E-state index < -0.39 is 30.4 Å². The lowest BCUT2D eigenvalue weighted by Crippen LogP contribution is -2.49. The van der Waals surface area contributed by atoms with Crippen LogP contribution in [-0.2, 0) is 14.3 Å². The second kappa shape index (κ2) is 7.50. The van der Waals surface area contributed by atoms with Gasteiger partial charge in [-0.25, -0.2) is 4.79 Å². The number of benzene rings is 1. The summed E-state index contributed by atoms with van der Waals surface area (Å²) < 4.78 is 5.14. The molecule has 0 radical (unpaired) electrons. The maximum atomic E-state index is 12.6. The third-order valence-electron chi connectivity index (χ3n) is 5.04. The Bertz CT molecular complexity index is 749. The van der Waals surface area contributed by atoms with Gasteiger partial charge in [-0.1, -0.05) is 26.0 Å². The van der Waals surface area contributed by atoms with E-state index in [0.29, 0.717) is 5.92 Å². The summed E-state index contributed by atoms with van der Waals surface area (Å²) in [4.78, 5) is 50.8. The first-order chi connectivity index (χ1) is 12.8. The number of imide groups is 1. The average molecular weight is 372 g/mol. The Labute approximate surface area is 158 Å². The van der Waals surface area contributed by atoms with Gasteiger partial charge in [-0.3, -0.25) is 19.3 Å². The van der Waals surface area contributed by atoms with Crippen LogP contribution in [-0.4, -0.2) is 47.3 Å². The van der Waals surface area contributed by atoms with Crippen LogP contribution in [0.3, 0.4) is 0 Å². The monoisotopic (exact) mass is 372 g/mol. The SMILES string of the molecule is CC(NC(=O)COC(=O)[C@H](C(C)C)N1C(=O)c2ccccc2C1=O)C1CC1. The van der Waals surface area contributed by atoms with Crippen LogP contribution in [0.1, 0.15) is 54.3 Å². The normalized spacial score (nSPS) is 18.3. The zero-order valence-electron chi connectivity index (χ0n) is 15.7. The summed E-state index contributed by atoms with van der Waals surface area (Å²) in [6.45, 7) is 4.95. The molecule has 1 heterocycles. The van der Waals surface area contributed by atoms with E-state index in [2.05, 4.69) is 5.32 Å². The van der Waals surface area contributed by atoms with Crippen molar-refractivity contribution >= 4 is 23.7 Å². The van der Waals surface area contributed by atoms with Gasteiger partial charge in [0.25, 0.3) is 17.7 Å². The number of ether oxygens (including phenoxy) is 1. The van der Waals surface area contributed by atoms with Crippen LogP contribution < -0.4 is 5.32 Å². The topological polar surface area (TPSA) is 92.8 Å². The van der Waals surface area contributed by atoms with Gasteiger partial charge in [0.1, 0.15) is 6.04 Å². The third-order valence-corrected chi connectivity index (χ3v) is 5.04. The fourth-order valence-electron chi connectivity index (χ4n) is 3.37. The van der Waals surface area contributed by atoms with Crippen molar-refractivity contribution in [3.63, 3.8) is 0 Å². The van der Waals surface area contributed by atoms with E-state index in [4.69, 9.17) is 4.74 Å². The summed E-state index contributed by atoms with van der Waals surface area (Å²) in [6, 6.07) is 5.43. The Morgan fingerprint density at radius 3 is 2.15 bits per heavy atom. The largest absolute Gasteiger partial charge is 0.454 e. The fraction of sp³-hybridized carbons (Fsp3) is 0.500. The van der Waals surface area contributed by atoms with Crippen molar-refractivity contribution in [2.45, 2.75) is 45.7 Å². The molecule has 3 amide bonds. The number of amides is 3. The first-order valence-electron chi connectivity index (χ1n) is 9.24. The highest BCUT2D eigenvalue weighted by molar-refractivity contribution is 6.22. The van der Waals surface area contributed by atoms with E-state index in [0.717, 1.165) is 17.7 Å². The minimum absolute atomic E-state index is 0.0494. The van der Waals surface area contributed by atoms with Gasteiger partial charge in [-0.15, -0.1) is 0 Å². The molecule has 1 saturated carbocycles. The molecule has 2 atom stereocenters. The highest BCUT2D eigenvalue weighted by Gasteiger charge is 2.44. The average Bonchev–Trinajstić information content (AvgIpc) is 3.44. The van der Waals surface area contributed by atoms with Gasteiger partial charge in [-0.05, 0) is 43.7 Å². The van der Waals surface area contributed by atoms with E-state index >= 15 is 0 Å². The molecule has 0 saturated heterocycles. The molecule has 1 fully saturated rings. The predicted octanol–water partition coefficient (Wildman–Crippen LogP) is 1.77. The zero-order valence-corrected chi connectivity index (χ0v) is 15.7. The fourth-order valence-corrected chi connectivity index (χ4v) is 3.37. The lowest BCUT2D eigenvalue weighted by Gasteiger charge is -2.27. The van der Waals surface area contributed by atoms with Crippen molar-refractivity contribution in [2.75, 3.05) is 6.61 Å². The standard InChI is InChI=1S/C20H24N2O5/c1-11(2)17(20(26)27-10-16(23)21-12(3)13-8-9-13)22-18(24)14-6-4-5-7-15(14)19(22)25/h4-7,11-13,17H,8-10H2,1-3H3,(H,21,23)/t12?,17-/m0/s1. The van der Waals surface area contributed by atoms with E-state index in [9.17, 15) is 19.2 Å². The van der Waals surface area contributed by atoms with Crippen LogP contribution in [0.25, 0.3) is 0 Å². The van der Waals surface area contributed by atoms with Crippen LogP contribution in [0.2, 0.25) is 0 Å². The van der Waals surface area contributed by atoms with Crippen molar-refractivity contribution in [2.24, 2.45) is 11.8 Å². The number of hydrogen-bond acceptors (Lipinski definition) is 5. The zero-order chi connectivity index (χ0) is 19.7. The summed E-state index contributed by atoms with van der Waals surface area (Å²) in [5.74, 6) is -2.03. The Hall–Kier alpha value is -2.70. The first-order valence-corrected chi connectivity index (χ1v) is 9.24. The number of carbonyl (C=O) groups is 4. The maximum Gasteiger partial charge on any atom is 0.330 e. The van der Waals surface area contributed by atoms with Gasteiger partial charge in [-0.2, -0.15) is 0 Å². The van der Waals surface area contributed by atoms with Crippen molar-refractivity contribution in [1.29, 1.82) is 0 Å². The molecule has 0 bridgehead atoms. The third kappa shape index (κ3) is 3.86. The van der Waals surface area contributed by atoms with Crippen molar-refractivity contribution in [3.8, 4) is 0 Å². The molecule has 1 unspecified atom stereocenters. The molecule has 1 aliphatic carbocycles. The van der Waals surface area contributed by atoms with Crippen molar-refractivity contribution < 1.29 is 23.9 Å². The number of rotatable bonds is 7. The van der Waals surface area contributed by atoms with E-state index in [1.165, 1.54) is 0 Å². The Morgan fingerprint density at radius 1 is 1.11 bits per heavy atom. The Kier molecular flexibility index (Phi) is 5.30. The molecule has 27 heavy (non-hydrogen) atoms. The summed E-state index contributed by atoms with van der Waals surface area (Å²) in [5.41, 5.74) is 0.550. The summed E-state index contributed by atoms with van der Waals surface area (Å²) in [7, 11) is 0. The molecule has 1 aromatic carbocycles. The molecular weight excluding hydrogens is 348 g/mol. The molecule has 1 aliphatic heterocycles. The van der Waals surface area contributed by atoms with Gasteiger partial charge in [0.05, 0.1) is 11.1 Å². The number of fused-ring (bicyclic) bond motifs is 1. The molecule has 7 heteroatoms.